The molecule has 1 amide bonds. The summed E-state index contributed by atoms with van der Waals surface area (Å²) in [4.78, 5) is 67.7. The van der Waals surface area contributed by atoms with Crippen LogP contribution in [0.1, 0.15) is 45.9 Å². The number of aryl methyl sites for hydroxylation is 2. The number of carbonyl (C=O) groups excluding carboxylic acids is 5. The summed E-state index contributed by atoms with van der Waals surface area (Å²) < 4.78 is 39.4. The van der Waals surface area contributed by atoms with Crippen molar-refractivity contribution in [1.29, 1.82) is 0 Å². The number of methoxy groups -OCH3 is 2. The highest BCUT2D eigenvalue weighted by molar-refractivity contribution is 6.03. The van der Waals surface area contributed by atoms with Gasteiger partial charge in [0.2, 0.25) is 5.91 Å². The molecule has 0 bridgehead atoms. The molecule has 1 aromatic carbocycles. The fourth-order valence-corrected chi connectivity index (χ4v) is 5.13. The first-order valence-corrected chi connectivity index (χ1v) is 13.3. The van der Waals surface area contributed by atoms with Gasteiger partial charge in [0.1, 0.15) is 24.0 Å². The molecule has 14 nitrogen and oxygen atoms in total. The van der Waals surface area contributed by atoms with Crippen molar-refractivity contribution < 1.29 is 57.1 Å². The molecular weight excluding hydrogens is 568 g/mol. The van der Waals surface area contributed by atoms with Crippen molar-refractivity contribution in [3.8, 4) is 11.5 Å². The fourth-order valence-electron chi connectivity index (χ4n) is 5.13. The second-order valence-electron chi connectivity index (χ2n) is 9.91. The van der Waals surface area contributed by atoms with Crippen LogP contribution >= 0.6 is 0 Å². The van der Waals surface area contributed by atoms with Gasteiger partial charge in [0.05, 0.1) is 25.3 Å². The van der Waals surface area contributed by atoms with Crippen molar-refractivity contribution in [2.24, 2.45) is 0 Å². The molecule has 0 N–H and O–H groups in total. The van der Waals surface area contributed by atoms with Gasteiger partial charge in [0.15, 0.2) is 30.3 Å². The number of nitrogens with zero attached hydrogens (tertiary/aromatic N) is 2. The Hall–Kier alpha value is -4.46. The second kappa shape index (κ2) is 13.7. The number of anilines is 1. The van der Waals surface area contributed by atoms with Crippen molar-refractivity contribution in [3.05, 3.63) is 23.4 Å². The summed E-state index contributed by atoms with van der Waals surface area (Å²) >= 11 is 0. The van der Waals surface area contributed by atoms with Crippen molar-refractivity contribution in [2.75, 3.05) is 25.7 Å². The molecule has 234 valence electrons. The predicted octanol–water partition coefficient (Wildman–Crippen LogP) is 2.30. The SMILES string of the molecule is COc1cc(N(C(C)=O)[C@@H]2O[C@H](COC(C)=O)[C@H](OC(C)=O)[C@@H](OC(C)=O)[C@@H]2OC(C)=O)c(OC)c2c(C)cc(C)nc12. The molecule has 0 aliphatic carbocycles. The van der Waals surface area contributed by atoms with E-state index in [0.717, 1.165) is 36.9 Å². The van der Waals surface area contributed by atoms with Gasteiger partial charge in [-0.2, -0.15) is 0 Å². The lowest BCUT2D eigenvalue weighted by atomic mass is 9.95. The van der Waals surface area contributed by atoms with Crippen molar-refractivity contribution in [2.45, 2.75) is 79.1 Å². The van der Waals surface area contributed by atoms with Crippen LogP contribution in [0.3, 0.4) is 0 Å². The van der Waals surface area contributed by atoms with Gasteiger partial charge in [-0.25, -0.2) is 4.98 Å². The Morgan fingerprint density at radius 3 is 1.91 bits per heavy atom. The van der Waals surface area contributed by atoms with Crippen LogP contribution in [0.5, 0.6) is 11.5 Å². The monoisotopic (exact) mass is 604 g/mol. The molecule has 1 aliphatic heterocycles. The van der Waals surface area contributed by atoms with Crippen LogP contribution < -0.4 is 14.4 Å². The maximum absolute atomic E-state index is 13.5. The Bertz CT molecular complexity index is 1420. The number of aromatic nitrogens is 1. The molecule has 2 heterocycles. The Balaban J connectivity index is 2.35. The summed E-state index contributed by atoms with van der Waals surface area (Å²) in [6.45, 7) is 8.96. The summed E-state index contributed by atoms with van der Waals surface area (Å²) in [5.41, 5.74) is 2.12. The van der Waals surface area contributed by atoms with E-state index in [0.29, 0.717) is 16.7 Å². The molecular formula is C29H36N2O12. The van der Waals surface area contributed by atoms with E-state index in [1.165, 1.54) is 34.1 Å². The largest absolute Gasteiger partial charge is 0.494 e. The van der Waals surface area contributed by atoms with E-state index in [9.17, 15) is 24.0 Å². The molecule has 5 atom stereocenters. The Labute approximate surface area is 248 Å². The normalized spacial score (nSPS) is 21.4. The fraction of sp³-hybridized carbons (Fsp3) is 0.517. The molecule has 14 heteroatoms. The summed E-state index contributed by atoms with van der Waals surface area (Å²) in [5, 5.41) is 0.541. The number of esters is 4. The van der Waals surface area contributed by atoms with E-state index in [1.807, 2.05) is 19.9 Å². The van der Waals surface area contributed by atoms with Crippen LogP contribution in [0.2, 0.25) is 0 Å². The predicted molar refractivity (Wildman–Crippen MR) is 149 cm³/mol. The standard InChI is InChI=1S/C29H36N2O12/c1-13-10-14(2)30-24-21(37-8)11-20(25(38-9)23(13)24)31(15(3)32)29-28(42-19(7)36)27(41-18(6)35)26(40-17(5)34)22(43-29)12-39-16(4)33/h10-11,22,26-29H,12H2,1-9H3/t22-,26+,27-,28+,29-/m1/s1. The number of carbonyl (C=O) groups is 5. The highest BCUT2D eigenvalue weighted by Gasteiger charge is 2.55. The molecule has 0 unspecified atom stereocenters. The molecule has 43 heavy (non-hydrogen) atoms. The van der Waals surface area contributed by atoms with Crippen LogP contribution in [0.25, 0.3) is 10.9 Å². The molecule has 2 aromatic rings. The lowest BCUT2D eigenvalue weighted by Crippen LogP contribution is -2.67. The number of ether oxygens (including phenoxy) is 7. The van der Waals surface area contributed by atoms with E-state index in [-0.39, 0.29) is 11.4 Å². The number of amides is 1. The van der Waals surface area contributed by atoms with E-state index < -0.39 is 67.0 Å². The van der Waals surface area contributed by atoms with Crippen molar-refractivity contribution >= 4 is 46.4 Å². The molecule has 0 radical (unpaired) electrons. The van der Waals surface area contributed by atoms with Gasteiger partial charge in [0, 0.05) is 46.4 Å². The van der Waals surface area contributed by atoms with Crippen LogP contribution in [0.15, 0.2) is 12.1 Å². The van der Waals surface area contributed by atoms with Crippen LogP contribution in [0.4, 0.5) is 5.69 Å². The molecule has 1 aliphatic rings. The average Bonchev–Trinajstić information content (AvgIpc) is 2.89. The minimum atomic E-state index is -1.52. The van der Waals surface area contributed by atoms with E-state index in [4.69, 9.17) is 33.2 Å². The van der Waals surface area contributed by atoms with Crippen LogP contribution in [-0.4, -0.2) is 86.2 Å². The Kier molecular flexibility index (Phi) is 10.5. The van der Waals surface area contributed by atoms with Gasteiger partial charge >= 0.3 is 23.9 Å². The zero-order valence-corrected chi connectivity index (χ0v) is 25.5. The molecule has 1 aromatic heterocycles. The minimum Gasteiger partial charge on any atom is -0.494 e. The van der Waals surface area contributed by atoms with Gasteiger partial charge in [-0.05, 0) is 25.5 Å². The topological polar surface area (TPSA) is 166 Å². The van der Waals surface area contributed by atoms with E-state index >= 15 is 0 Å². The van der Waals surface area contributed by atoms with E-state index in [1.54, 1.807) is 0 Å². The highest BCUT2D eigenvalue weighted by Crippen LogP contribution is 2.45. The molecule has 1 saturated heterocycles. The maximum atomic E-state index is 13.5. The van der Waals surface area contributed by atoms with Crippen LogP contribution in [-0.2, 0) is 47.7 Å². The lowest BCUT2D eigenvalue weighted by molar-refractivity contribution is -0.251. The summed E-state index contributed by atoms with van der Waals surface area (Å²) in [6.07, 6.45) is -7.17. The first kappa shape index (κ1) is 33.0. The number of rotatable bonds is 9. The van der Waals surface area contributed by atoms with Gasteiger partial charge in [-0.15, -0.1) is 0 Å². The number of hydrogen-bond acceptors (Lipinski definition) is 13. The third-order valence-corrected chi connectivity index (χ3v) is 6.55. The van der Waals surface area contributed by atoms with Gasteiger partial charge in [0.25, 0.3) is 0 Å². The van der Waals surface area contributed by atoms with Gasteiger partial charge in [-0.1, -0.05) is 0 Å². The van der Waals surface area contributed by atoms with Gasteiger partial charge < -0.3 is 33.2 Å². The van der Waals surface area contributed by atoms with Crippen LogP contribution in [0, 0.1) is 13.8 Å². The molecule has 0 spiro atoms. The smallest absolute Gasteiger partial charge is 0.303 e. The number of hydrogen-bond donors (Lipinski definition) is 0. The first-order valence-electron chi connectivity index (χ1n) is 13.3. The average molecular weight is 605 g/mol. The Morgan fingerprint density at radius 2 is 1.40 bits per heavy atom. The van der Waals surface area contributed by atoms with Crippen molar-refractivity contribution in [3.63, 3.8) is 0 Å². The van der Waals surface area contributed by atoms with Gasteiger partial charge in [-0.3, -0.25) is 28.9 Å². The zero-order valence-electron chi connectivity index (χ0n) is 25.5. The molecule has 3 rings (SSSR count). The number of benzene rings is 1. The quantitative estimate of drug-likeness (QED) is 0.302. The number of pyridine rings is 1. The second-order valence-corrected chi connectivity index (χ2v) is 9.91. The lowest BCUT2D eigenvalue weighted by Gasteiger charge is -2.47. The molecule has 1 fully saturated rings. The Morgan fingerprint density at radius 1 is 0.814 bits per heavy atom. The maximum Gasteiger partial charge on any atom is 0.303 e. The minimum absolute atomic E-state index is 0.147. The van der Waals surface area contributed by atoms with E-state index in [2.05, 4.69) is 4.98 Å². The summed E-state index contributed by atoms with van der Waals surface area (Å²) in [6, 6.07) is 3.35. The first-order chi connectivity index (χ1) is 20.2. The molecule has 0 saturated carbocycles. The summed E-state index contributed by atoms with van der Waals surface area (Å²) in [5.74, 6) is -3.13. The third kappa shape index (κ3) is 7.31. The third-order valence-electron chi connectivity index (χ3n) is 6.55. The highest BCUT2D eigenvalue weighted by atomic mass is 16.7. The van der Waals surface area contributed by atoms with Crippen molar-refractivity contribution in [1.82, 2.24) is 4.98 Å². The summed E-state index contributed by atoms with van der Waals surface area (Å²) in [7, 11) is 2.85. The zero-order chi connectivity index (χ0) is 32.2. The number of fused-ring (bicyclic) bond motifs is 1.